The van der Waals surface area contributed by atoms with Crippen LogP contribution in [-0.4, -0.2) is 22.6 Å². The Morgan fingerprint density at radius 1 is 0.966 bits per heavy atom. The number of para-hydroxylation sites is 1. The van der Waals surface area contributed by atoms with Gasteiger partial charge in [-0.15, -0.1) is 0 Å². The van der Waals surface area contributed by atoms with Crippen molar-refractivity contribution < 1.29 is 9.59 Å². The van der Waals surface area contributed by atoms with E-state index in [1.807, 2.05) is 66.7 Å². The number of fused-ring (bicyclic) bond motifs is 2. The lowest BCUT2D eigenvalue weighted by Crippen LogP contribution is -2.20. The van der Waals surface area contributed by atoms with Crippen LogP contribution in [0.2, 0.25) is 0 Å². The van der Waals surface area contributed by atoms with Gasteiger partial charge in [-0.1, -0.05) is 60.7 Å². The van der Waals surface area contributed by atoms with Crippen LogP contribution in [-0.2, 0) is 22.6 Å². The number of hydrogen-bond acceptors (Lipinski definition) is 3. The van der Waals surface area contributed by atoms with Gasteiger partial charge in [-0.3, -0.25) is 9.59 Å². The Morgan fingerprint density at radius 2 is 1.69 bits per heavy atom. The second-order valence-corrected chi connectivity index (χ2v) is 6.80. The Balaban J connectivity index is 1.50. The lowest BCUT2D eigenvalue weighted by molar-refractivity contribution is -0.120. The first-order valence-corrected chi connectivity index (χ1v) is 9.26. The van der Waals surface area contributed by atoms with Crippen LogP contribution >= 0.6 is 0 Å². The molecule has 4 rings (SSSR count). The molecule has 144 valence electrons. The predicted molar refractivity (Wildman–Crippen MR) is 115 cm³/mol. The zero-order chi connectivity index (χ0) is 20.2. The van der Waals surface area contributed by atoms with Crippen LogP contribution in [0.1, 0.15) is 11.1 Å². The van der Waals surface area contributed by atoms with Gasteiger partial charge < -0.3 is 10.3 Å². The van der Waals surface area contributed by atoms with Crippen LogP contribution in [0.4, 0.5) is 0 Å². The highest BCUT2D eigenvalue weighted by Crippen LogP contribution is 2.20. The van der Waals surface area contributed by atoms with Gasteiger partial charge >= 0.3 is 0 Å². The molecule has 0 atom stereocenters. The average molecular weight is 384 g/mol. The van der Waals surface area contributed by atoms with Gasteiger partial charge in [0, 0.05) is 22.7 Å². The average Bonchev–Trinajstić information content (AvgIpc) is 3.05. The number of hydrazone groups is 1. The zero-order valence-electron chi connectivity index (χ0n) is 15.7. The number of carbonyl (C=O) groups is 2. The number of hydrogen-bond donors (Lipinski definition) is 2. The van der Waals surface area contributed by atoms with Crippen molar-refractivity contribution in [3.63, 3.8) is 0 Å². The van der Waals surface area contributed by atoms with E-state index in [0.29, 0.717) is 0 Å². The summed E-state index contributed by atoms with van der Waals surface area (Å²) in [5.74, 6) is -0.615. The molecule has 1 aromatic heterocycles. The molecule has 4 aromatic rings. The van der Waals surface area contributed by atoms with E-state index in [1.54, 1.807) is 17.0 Å². The van der Waals surface area contributed by atoms with Crippen LogP contribution in [0, 0.1) is 0 Å². The van der Waals surface area contributed by atoms with Crippen molar-refractivity contribution in [2.24, 2.45) is 10.8 Å². The second kappa shape index (κ2) is 7.98. The fraction of sp³-hybridized carbons (Fsp3) is 0.0870. The summed E-state index contributed by atoms with van der Waals surface area (Å²) in [6.45, 7) is 0.0851. The van der Waals surface area contributed by atoms with Crippen molar-refractivity contribution in [3.05, 3.63) is 84.1 Å². The first-order chi connectivity index (χ1) is 14.1. The number of aromatic nitrogens is 1. The van der Waals surface area contributed by atoms with E-state index in [0.717, 1.165) is 32.8 Å². The molecule has 3 aromatic carbocycles. The van der Waals surface area contributed by atoms with Crippen LogP contribution in [0.15, 0.2) is 78.0 Å². The third-order valence-corrected chi connectivity index (χ3v) is 4.77. The van der Waals surface area contributed by atoms with Crippen LogP contribution in [0.25, 0.3) is 21.7 Å². The molecule has 6 nitrogen and oxygen atoms in total. The first-order valence-electron chi connectivity index (χ1n) is 9.26. The summed E-state index contributed by atoms with van der Waals surface area (Å²) < 4.78 is 1.77. The maximum absolute atomic E-state index is 12.4. The van der Waals surface area contributed by atoms with Crippen LogP contribution in [0.3, 0.4) is 0 Å². The number of nitrogens with two attached hydrogens (primary N) is 1. The Hall–Kier alpha value is -3.93. The number of carbonyl (C=O) groups excluding carboxylic acids is 2. The number of benzene rings is 3. The van der Waals surface area contributed by atoms with Crippen molar-refractivity contribution in [1.29, 1.82) is 0 Å². The van der Waals surface area contributed by atoms with Gasteiger partial charge in [-0.05, 0) is 22.4 Å². The Morgan fingerprint density at radius 3 is 2.52 bits per heavy atom. The van der Waals surface area contributed by atoms with E-state index in [1.165, 1.54) is 0 Å². The Kier molecular flexibility index (Phi) is 5.07. The fourth-order valence-corrected chi connectivity index (χ4v) is 3.51. The SMILES string of the molecule is NC(=O)Cn1cc(C=NNC(=O)Cc2cccc3ccccc23)c2ccccc21. The van der Waals surface area contributed by atoms with E-state index < -0.39 is 5.91 Å². The number of nitrogens with zero attached hydrogens (tertiary/aromatic N) is 2. The number of amides is 2. The van der Waals surface area contributed by atoms with Gasteiger partial charge in [0.15, 0.2) is 0 Å². The number of rotatable bonds is 6. The van der Waals surface area contributed by atoms with Crippen molar-refractivity contribution >= 4 is 39.7 Å². The highest BCUT2D eigenvalue weighted by atomic mass is 16.2. The van der Waals surface area contributed by atoms with Crippen molar-refractivity contribution in [2.75, 3.05) is 0 Å². The quantitative estimate of drug-likeness (QED) is 0.395. The molecule has 0 fully saturated rings. The molecule has 0 unspecified atom stereocenters. The summed E-state index contributed by atoms with van der Waals surface area (Å²) >= 11 is 0. The summed E-state index contributed by atoms with van der Waals surface area (Å²) in [5, 5.41) is 7.20. The molecule has 1 heterocycles. The fourth-order valence-electron chi connectivity index (χ4n) is 3.51. The molecular weight excluding hydrogens is 364 g/mol. The predicted octanol–water partition coefficient (Wildman–Crippen LogP) is 2.97. The Bertz CT molecular complexity index is 1230. The molecule has 0 spiro atoms. The third-order valence-electron chi connectivity index (χ3n) is 4.77. The van der Waals surface area contributed by atoms with Crippen molar-refractivity contribution in [1.82, 2.24) is 9.99 Å². The van der Waals surface area contributed by atoms with E-state index >= 15 is 0 Å². The second-order valence-electron chi connectivity index (χ2n) is 6.80. The van der Waals surface area contributed by atoms with Gasteiger partial charge in [-0.25, -0.2) is 5.43 Å². The Labute approximate surface area is 167 Å². The molecule has 6 heteroatoms. The minimum absolute atomic E-state index is 0.0851. The summed E-state index contributed by atoms with van der Waals surface area (Å²) in [6.07, 6.45) is 3.62. The highest BCUT2D eigenvalue weighted by molar-refractivity contribution is 6.00. The van der Waals surface area contributed by atoms with Crippen LogP contribution < -0.4 is 11.2 Å². The lowest BCUT2D eigenvalue weighted by atomic mass is 10.0. The van der Waals surface area contributed by atoms with Crippen LogP contribution in [0.5, 0.6) is 0 Å². The summed E-state index contributed by atoms with van der Waals surface area (Å²) in [5.41, 5.74) is 10.6. The van der Waals surface area contributed by atoms with Crippen molar-refractivity contribution in [2.45, 2.75) is 13.0 Å². The summed E-state index contributed by atoms with van der Waals surface area (Å²) in [7, 11) is 0. The van der Waals surface area contributed by atoms with Gasteiger partial charge in [0.05, 0.1) is 12.6 Å². The van der Waals surface area contributed by atoms with Gasteiger partial charge in [0.25, 0.3) is 0 Å². The van der Waals surface area contributed by atoms with E-state index in [-0.39, 0.29) is 18.9 Å². The summed E-state index contributed by atoms with van der Waals surface area (Å²) in [6, 6.07) is 21.5. The molecule has 0 radical (unpaired) electrons. The largest absolute Gasteiger partial charge is 0.368 e. The minimum atomic E-state index is -0.419. The number of nitrogens with one attached hydrogen (secondary N) is 1. The molecular formula is C23H20N4O2. The van der Waals surface area contributed by atoms with Crippen molar-refractivity contribution in [3.8, 4) is 0 Å². The molecule has 2 amide bonds. The first kappa shape index (κ1) is 18.4. The molecule has 0 saturated carbocycles. The summed E-state index contributed by atoms with van der Waals surface area (Å²) in [4.78, 5) is 23.7. The van der Waals surface area contributed by atoms with E-state index in [2.05, 4.69) is 10.5 Å². The number of primary amides is 1. The normalized spacial score (nSPS) is 11.3. The molecule has 0 saturated heterocycles. The third kappa shape index (κ3) is 4.01. The van der Waals surface area contributed by atoms with E-state index in [4.69, 9.17) is 5.73 Å². The molecule has 29 heavy (non-hydrogen) atoms. The van der Waals surface area contributed by atoms with Gasteiger partial charge in [0.2, 0.25) is 11.8 Å². The highest BCUT2D eigenvalue weighted by Gasteiger charge is 2.09. The maximum atomic E-state index is 12.4. The monoisotopic (exact) mass is 384 g/mol. The lowest BCUT2D eigenvalue weighted by Gasteiger charge is -2.05. The minimum Gasteiger partial charge on any atom is -0.368 e. The van der Waals surface area contributed by atoms with Gasteiger partial charge in [-0.2, -0.15) is 5.10 Å². The molecule has 0 aliphatic rings. The zero-order valence-corrected chi connectivity index (χ0v) is 15.7. The van der Waals surface area contributed by atoms with Gasteiger partial charge in [0.1, 0.15) is 6.54 Å². The smallest absolute Gasteiger partial charge is 0.244 e. The maximum Gasteiger partial charge on any atom is 0.244 e. The molecule has 0 bridgehead atoms. The molecule has 0 aliphatic carbocycles. The topological polar surface area (TPSA) is 89.5 Å². The molecule has 3 N–H and O–H groups in total. The standard InChI is InChI=1S/C23H20N4O2/c24-22(28)15-27-14-18(20-10-3-4-11-21(20)27)13-25-26-23(29)12-17-8-5-7-16-6-1-2-9-19(16)17/h1-11,13-14H,12,15H2,(H2,24,28)(H,26,29). The molecule has 0 aliphatic heterocycles. The van der Waals surface area contributed by atoms with E-state index in [9.17, 15) is 9.59 Å².